The SMILES string of the molecule is CCCOc1cccc([C@@H](C)NCc2cc(-c3ccc(C)c(C(=O)O)c3)c3ccccc3c2)c1. The molecule has 0 aliphatic heterocycles. The van der Waals surface area contributed by atoms with Gasteiger partial charge in [0.15, 0.2) is 0 Å². The molecule has 34 heavy (non-hydrogen) atoms. The third kappa shape index (κ3) is 5.29. The van der Waals surface area contributed by atoms with Crippen LogP contribution in [0, 0.1) is 6.92 Å². The Bertz CT molecular complexity index is 1310. The zero-order valence-electron chi connectivity index (χ0n) is 20.0. The zero-order chi connectivity index (χ0) is 24.1. The van der Waals surface area contributed by atoms with Gasteiger partial charge in [-0.15, -0.1) is 0 Å². The lowest BCUT2D eigenvalue weighted by Gasteiger charge is -2.17. The molecule has 4 heteroatoms. The van der Waals surface area contributed by atoms with E-state index < -0.39 is 5.97 Å². The zero-order valence-corrected chi connectivity index (χ0v) is 20.0. The minimum absolute atomic E-state index is 0.151. The fourth-order valence-electron chi connectivity index (χ4n) is 4.22. The molecule has 4 rings (SSSR count). The van der Waals surface area contributed by atoms with Crippen molar-refractivity contribution in [3.63, 3.8) is 0 Å². The highest BCUT2D eigenvalue weighted by Gasteiger charge is 2.13. The monoisotopic (exact) mass is 453 g/mol. The number of carboxylic acid groups (broad SMARTS) is 1. The van der Waals surface area contributed by atoms with Crippen LogP contribution in [-0.4, -0.2) is 17.7 Å². The van der Waals surface area contributed by atoms with Crippen LogP contribution in [0.1, 0.15) is 53.4 Å². The second-order valence-electron chi connectivity index (χ2n) is 8.72. The van der Waals surface area contributed by atoms with E-state index in [1.807, 2.05) is 43.3 Å². The van der Waals surface area contributed by atoms with E-state index in [1.54, 1.807) is 6.07 Å². The first kappa shape index (κ1) is 23.5. The van der Waals surface area contributed by atoms with E-state index in [0.717, 1.165) is 45.2 Å². The summed E-state index contributed by atoms with van der Waals surface area (Å²) in [5.41, 5.74) is 5.38. The van der Waals surface area contributed by atoms with E-state index >= 15 is 0 Å². The molecule has 0 unspecified atom stereocenters. The van der Waals surface area contributed by atoms with E-state index in [1.165, 1.54) is 5.56 Å². The summed E-state index contributed by atoms with van der Waals surface area (Å²) in [7, 11) is 0. The van der Waals surface area contributed by atoms with Crippen LogP contribution in [0.15, 0.2) is 78.9 Å². The minimum atomic E-state index is -0.902. The van der Waals surface area contributed by atoms with Gasteiger partial charge in [-0.1, -0.05) is 55.5 Å². The number of nitrogens with one attached hydrogen (secondary N) is 1. The van der Waals surface area contributed by atoms with Crippen molar-refractivity contribution in [2.24, 2.45) is 0 Å². The van der Waals surface area contributed by atoms with Gasteiger partial charge in [0.1, 0.15) is 5.75 Å². The number of fused-ring (bicyclic) bond motifs is 1. The molecule has 0 aliphatic carbocycles. The summed E-state index contributed by atoms with van der Waals surface area (Å²) in [6.07, 6.45) is 0.983. The summed E-state index contributed by atoms with van der Waals surface area (Å²) >= 11 is 0. The molecule has 4 aromatic carbocycles. The Morgan fingerprint density at radius 3 is 2.62 bits per heavy atom. The Balaban J connectivity index is 1.62. The van der Waals surface area contributed by atoms with Crippen LogP contribution in [0.5, 0.6) is 5.75 Å². The number of ether oxygens (including phenoxy) is 1. The number of hydrogen-bond acceptors (Lipinski definition) is 3. The summed E-state index contributed by atoms with van der Waals surface area (Å²) in [6.45, 7) is 7.49. The van der Waals surface area contributed by atoms with Crippen LogP contribution < -0.4 is 10.1 Å². The summed E-state index contributed by atoms with van der Waals surface area (Å²) in [4.78, 5) is 11.7. The normalized spacial score (nSPS) is 12.0. The van der Waals surface area contributed by atoms with Crippen molar-refractivity contribution in [1.82, 2.24) is 5.32 Å². The van der Waals surface area contributed by atoms with Crippen LogP contribution in [0.25, 0.3) is 21.9 Å². The van der Waals surface area contributed by atoms with Gasteiger partial charge in [0.05, 0.1) is 12.2 Å². The molecular formula is C30H31NO3. The Hall–Kier alpha value is -3.63. The van der Waals surface area contributed by atoms with Gasteiger partial charge < -0.3 is 15.2 Å². The molecule has 0 radical (unpaired) electrons. The third-order valence-electron chi connectivity index (χ3n) is 6.14. The maximum atomic E-state index is 11.7. The molecule has 1 atom stereocenters. The highest BCUT2D eigenvalue weighted by molar-refractivity contribution is 5.99. The van der Waals surface area contributed by atoms with Crippen molar-refractivity contribution >= 4 is 16.7 Å². The first-order valence-corrected chi connectivity index (χ1v) is 11.8. The summed E-state index contributed by atoms with van der Waals surface area (Å²) in [5.74, 6) is -0.00459. The van der Waals surface area contributed by atoms with Crippen LogP contribution in [-0.2, 0) is 6.54 Å². The molecule has 174 valence electrons. The fourth-order valence-corrected chi connectivity index (χ4v) is 4.22. The molecule has 0 amide bonds. The van der Waals surface area contributed by atoms with E-state index in [4.69, 9.17) is 4.74 Å². The van der Waals surface area contributed by atoms with Gasteiger partial charge in [-0.3, -0.25) is 0 Å². The van der Waals surface area contributed by atoms with Gasteiger partial charge in [0, 0.05) is 12.6 Å². The molecule has 0 aromatic heterocycles. The predicted octanol–water partition coefficient (Wildman–Crippen LogP) is 7.15. The first-order valence-electron chi connectivity index (χ1n) is 11.8. The van der Waals surface area contributed by atoms with Crippen molar-refractivity contribution in [1.29, 1.82) is 0 Å². The summed E-state index contributed by atoms with van der Waals surface area (Å²) in [6, 6.07) is 26.7. The number of carboxylic acids is 1. The number of benzene rings is 4. The van der Waals surface area contributed by atoms with E-state index in [-0.39, 0.29) is 6.04 Å². The molecule has 4 aromatic rings. The Morgan fingerprint density at radius 1 is 1.00 bits per heavy atom. The number of hydrogen-bond donors (Lipinski definition) is 2. The molecule has 0 fully saturated rings. The fraction of sp³-hybridized carbons (Fsp3) is 0.233. The topological polar surface area (TPSA) is 58.6 Å². The molecule has 0 saturated heterocycles. The number of aryl methyl sites for hydroxylation is 1. The molecule has 2 N–H and O–H groups in total. The number of rotatable bonds is 9. The molecule has 0 heterocycles. The molecule has 0 saturated carbocycles. The highest BCUT2D eigenvalue weighted by atomic mass is 16.5. The quantitative estimate of drug-likeness (QED) is 0.282. The van der Waals surface area contributed by atoms with Crippen molar-refractivity contribution < 1.29 is 14.6 Å². The lowest BCUT2D eigenvalue weighted by atomic mass is 9.93. The second kappa shape index (κ2) is 10.5. The first-order chi connectivity index (χ1) is 16.5. The van der Waals surface area contributed by atoms with Crippen LogP contribution in [0.4, 0.5) is 0 Å². The minimum Gasteiger partial charge on any atom is -0.494 e. The van der Waals surface area contributed by atoms with Crippen molar-refractivity contribution in [3.05, 3.63) is 101 Å². The van der Waals surface area contributed by atoms with Crippen LogP contribution in [0.2, 0.25) is 0 Å². The van der Waals surface area contributed by atoms with E-state index in [9.17, 15) is 9.90 Å². The Kier molecular flexibility index (Phi) is 7.29. The highest BCUT2D eigenvalue weighted by Crippen LogP contribution is 2.32. The third-order valence-corrected chi connectivity index (χ3v) is 6.14. The average molecular weight is 454 g/mol. The largest absolute Gasteiger partial charge is 0.494 e. The molecule has 0 bridgehead atoms. The molecular weight excluding hydrogens is 422 g/mol. The standard InChI is InChI=1S/C30H31NO3/c1-4-14-34-26-10-7-9-23(17-26)21(3)31-19-22-15-24-8-5-6-11-27(24)29(16-22)25-13-12-20(2)28(18-25)30(32)33/h5-13,15-18,21,31H,4,14,19H2,1-3H3,(H,32,33)/t21-/m1/s1. The second-order valence-corrected chi connectivity index (χ2v) is 8.72. The van der Waals surface area contributed by atoms with E-state index in [2.05, 4.69) is 55.6 Å². The summed E-state index contributed by atoms with van der Waals surface area (Å²) in [5, 5.41) is 15.5. The van der Waals surface area contributed by atoms with Gasteiger partial charge in [-0.2, -0.15) is 0 Å². The van der Waals surface area contributed by atoms with Crippen LogP contribution >= 0.6 is 0 Å². The van der Waals surface area contributed by atoms with Gasteiger partial charge in [0.25, 0.3) is 0 Å². The molecule has 0 aliphatic rings. The smallest absolute Gasteiger partial charge is 0.335 e. The van der Waals surface area contributed by atoms with Gasteiger partial charge in [0.2, 0.25) is 0 Å². The predicted molar refractivity (Wildman–Crippen MR) is 139 cm³/mol. The summed E-state index contributed by atoms with van der Waals surface area (Å²) < 4.78 is 5.79. The lowest BCUT2D eigenvalue weighted by molar-refractivity contribution is 0.0696. The average Bonchev–Trinajstić information content (AvgIpc) is 2.85. The Labute approximate surface area is 201 Å². The maximum absolute atomic E-state index is 11.7. The maximum Gasteiger partial charge on any atom is 0.335 e. The van der Waals surface area contributed by atoms with Crippen molar-refractivity contribution in [3.8, 4) is 16.9 Å². The Morgan fingerprint density at radius 2 is 1.82 bits per heavy atom. The van der Waals surface area contributed by atoms with Crippen LogP contribution in [0.3, 0.4) is 0 Å². The van der Waals surface area contributed by atoms with E-state index in [0.29, 0.717) is 18.7 Å². The molecule has 4 nitrogen and oxygen atoms in total. The van der Waals surface area contributed by atoms with Gasteiger partial charge in [-0.25, -0.2) is 4.79 Å². The van der Waals surface area contributed by atoms with Gasteiger partial charge >= 0.3 is 5.97 Å². The lowest BCUT2D eigenvalue weighted by Crippen LogP contribution is -2.18. The van der Waals surface area contributed by atoms with Crippen molar-refractivity contribution in [2.75, 3.05) is 6.61 Å². The molecule has 0 spiro atoms. The number of aromatic carboxylic acids is 1. The van der Waals surface area contributed by atoms with Gasteiger partial charge in [-0.05, 0) is 89.2 Å². The van der Waals surface area contributed by atoms with Crippen molar-refractivity contribution in [2.45, 2.75) is 39.8 Å². The number of carbonyl (C=O) groups is 1.